The molecule has 0 saturated heterocycles. The number of nitrogens with one attached hydrogen (secondary N) is 1. The molecule has 4 heteroatoms. The first-order valence-electron chi connectivity index (χ1n) is 6.60. The molecule has 0 aliphatic heterocycles. The number of amides is 1. The zero-order valence-electron chi connectivity index (χ0n) is 11.6. The van der Waals surface area contributed by atoms with E-state index in [1.807, 2.05) is 45.0 Å². The fourth-order valence-corrected chi connectivity index (χ4v) is 2.50. The molecule has 0 aromatic heterocycles. The largest absolute Gasteiger partial charge is 0.444 e. The summed E-state index contributed by atoms with van der Waals surface area (Å²) in [5.41, 5.74) is 1.69. The molecule has 4 nitrogen and oxygen atoms in total. The molecule has 1 aliphatic rings. The number of carbonyl (C=O) groups is 1. The summed E-state index contributed by atoms with van der Waals surface area (Å²) in [7, 11) is 0. The summed E-state index contributed by atoms with van der Waals surface area (Å²) >= 11 is 0. The second-order valence-electron chi connectivity index (χ2n) is 5.94. The Balaban J connectivity index is 2.09. The maximum absolute atomic E-state index is 11.8. The molecule has 0 radical (unpaired) electrons. The number of rotatable bonds is 2. The summed E-state index contributed by atoms with van der Waals surface area (Å²) < 4.78 is 5.27. The second kappa shape index (κ2) is 5.21. The van der Waals surface area contributed by atoms with Gasteiger partial charge in [-0.05, 0) is 38.3 Å². The number of aliphatic hydroxyl groups is 1. The minimum atomic E-state index is -0.501. The molecule has 1 amide bonds. The van der Waals surface area contributed by atoms with Gasteiger partial charge < -0.3 is 15.2 Å². The number of hydrogen-bond donors (Lipinski definition) is 2. The highest BCUT2D eigenvalue weighted by atomic mass is 16.6. The van der Waals surface area contributed by atoms with Crippen molar-refractivity contribution in [3.63, 3.8) is 0 Å². The van der Waals surface area contributed by atoms with E-state index < -0.39 is 11.7 Å². The number of benzene rings is 1. The third kappa shape index (κ3) is 3.26. The minimum Gasteiger partial charge on any atom is -0.444 e. The van der Waals surface area contributed by atoms with Crippen LogP contribution < -0.4 is 5.32 Å². The highest BCUT2D eigenvalue weighted by Crippen LogP contribution is 2.39. The highest BCUT2D eigenvalue weighted by molar-refractivity contribution is 5.68. The lowest BCUT2D eigenvalue weighted by atomic mass is 10.0. The lowest BCUT2D eigenvalue weighted by Crippen LogP contribution is -2.34. The van der Waals surface area contributed by atoms with Gasteiger partial charge in [-0.3, -0.25) is 0 Å². The van der Waals surface area contributed by atoms with Crippen LogP contribution in [0.4, 0.5) is 4.79 Å². The highest BCUT2D eigenvalue weighted by Gasteiger charge is 2.32. The molecule has 0 bridgehead atoms. The Morgan fingerprint density at radius 3 is 2.58 bits per heavy atom. The van der Waals surface area contributed by atoms with Gasteiger partial charge in [0.2, 0.25) is 0 Å². The van der Waals surface area contributed by atoms with Gasteiger partial charge >= 0.3 is 6.09 Å². The maximum atomic E-state index is 11.8. The van der Waals surface area contributed by atoms with Gasteiger partial charge in [-0.15, -0.1) is 0 Å². The van der Waals surface area contributed by atoms with Crippen LogP contribution in [0.1, 0.15) is 50.3 Å². The van der Waals surface area contributed by atoms with E-state index in [2.05, 4.69) is 5.32 Å². The van der Waals surface area contributed by atoms with Crippen molar-refractivity contribution in [3.05, 3.63) is 35.4 Å². The Morgan fingerprint density at radius 1 is 1.37 bits per heavy atom. The fraction of sp³-hybridized carbons (Fsp3) is 0.533. The van der Waals surface area contributed by atoms with E-state index in [1.54, 1.807) is 0 Å². The summed E-state index contributed by atoms with van der Waals surface area (Å²) in [6.45, 7) is 5.62. The van der Waals surface area contributed by atoms with Gasteiger partial charge in [0.05, 0.1) is 12.6 Å². The molecule has 0 saturated carbocycles. The SMILES string of the molecule is CC(C)(C)OC(=O)N[C@@H]1C[C@H](CO)c2ccccc21. The van der Waals surface area contributed by atoms with Crippen molar-refractivity contribution in [2.24, 2.45) is 0 Å². The number of fused-ring (bicyclic) bond motifs is 1. The smallest absolute Gasteiger partial charge is 0.408 e. The topological polar surface area (TPSA) is 58.6 Å². The summed E-state index contributed by atoms with van der Waals surface area (Å²) in [6.07, 6.45) is 0.306. The van der Waals surface area contributed by atoms with E-state index in [0.29, 0.717) is 0 Å². The van der Waals surface area contributed by atoms with E-state index in [4.69, 9.17) is 4.74 Å². The summed E-state index contributed by atoms with van der Waals surface area (Å²) in [5, 5.41) is 12.3. The molecule has 2 N–H and O–H groups in total. The third-order valence-electron chi connectivity index (χ3n) is 3.24. The molecule has 1 aromatic rings. The van der Waals surface area contributed by atoms with Crippen molar-refractivity contribution >= 4 is 6.09 Å². The third-order valence-corrected chi connectivity index (χ3v) is 3.24. The second-order valence-corrected chi connectivity index (χ2v) is 5.94. The molecule has 2 atom stereocenters. The summed E-state index contributed by atoms with van der Waals surface area (Å²) in [5.74, 6) is 0.0936. The molecular formula is C15H21NO3. The van der Waals surface area contributed by atoms with E-state index in [1.165, 1.54) is 0 Å². The Kier molecular flexibility index (Phi) is 3.80. The number of hydrogen-bond acceptors (Lipinski definition) is 3. The van der Waals surface area contributed by atoms with Gasteiger partial charge in [0.25, 0.3) is 0 Å². The number of alkyl carbamates (subject to hydrolysis) is 1. The van der Waals surface area contributed by atoms with E-state index in [9.17, 15) is 9.90 Å². The molecule has 0 fully saturated rings. The van der Waals surface area contributed by atoms with Crippen molar-refractivity contribution in [3.8, 4) is 0 Å². The first-order chi connectivity index (χ1) is 8.90. The average Bonchev–Trinajstić information content (AvgIpc) is 2.65. The van der Waals surface area contributed by atoms with Crippen LogP contribution in [-0.4, -0.2) is 23.4 Å². The average molecular weight is 263 g/mol. The Labute approximate surface area is 113 Å². The molecule has 104 valence electrons. The van der Waals surface area contributed by atoms with Crippen LogP contribution in [0, 0.1) is 0 Å². The van der Waals surface area contributed by atoms with Crippen molar-refractivity contribution in [2.75, 3.05) is 6.61 Å². The normalized spacial score (nSPS) is 21.9. The fourth-order valence-electron chi connectivity index (χ4n) is 2.50. The Morgan fingerprint density at radius 2 is 2.00 bits per heavy atom. The van der Waals surface area contributed by atoms with Crippen LogP contribution in [0.3, 0.4) is 0 Å². The first-order valence-corrected chi connectivity index (χ1v) is 6.60. The maximum Gasteiger partial charge on any atom is 0.408 e. The van der Waals surface area contributed by atoms with Gasteiger partial charge in [0, 0.05) is 5.92 Å². The minimum absolute atomic E-state index is 0.0804. The van der Waals surface area contributed by atoms with Gasteiger partial charge in [-0.25, -0.2) is 4.79 Å². The van der Waals surface area contributed by atoms with E-state index in [0.717, 1.165) is 17.5 Å². The monoisotopic (exact) mass is 263 g/mol. The predicted molar refractivity (Wildman–Crippen MR) is 73.0 cm³/mol. The molecule has 1 aliphatic carbocycles. The first kappa shape index (κ1) is 13.9. The van der Waals surface area contributed by atoms with Gasteiger partial charge in [-0.2, -0.15) is 0 Å². The van der Waals surface area contributed by atoms with Gasteiger partial charge in [-0.1, -0.05) is 24.3 Å². The van der Waals surface area contributed by atoms with Crippen LogP contribution in [0.5, 0.6) is 0 Å². The molecular weight excluding hydrogens is 242 g/mol. The molecule has 1 aromatic carbocycles. The van der Waals surface area contributed by atoms with Gasteiger partial charge in [0.15, 0.2) is 0 Å². The van der Waals surface area contributed by atoms with E-state index in [-0.39, 0.29) is 18.6 Å². The van der Waals surface area contributed by atoms with Crippen LogP contribution in [0.15, 0.2) is 24.3 Å². The molecule has 0 heterocycles. The van der Waals surface area contributed by atoms with Gasteiger partial charge in [0.1, 0.15) is 5.60 Å². The zero-order chi connectivity index (χ0) is 14.0. The van der Waals surface area contributed by atoms with Crippen LogP contribution in [-0.2, 0) is 4.74 Å². The standard InChI is InChI=1S/C15H21NO3/c1-15(2,3)19-14(18)16-13-8-10(9-17)11-6-4-5-7-12(11)13/h4-7,10,13,17H,8-9H2,1-3H3,(H,16,18)/t10-,13-/m1/s1. The molecule has 2 rings (SSSR count). The zero-order valence-corrected chi connectivity index (χ0v) is 11.6. The Bertz CT molecular complexity index is 465. The predicted octanol–water partition coefficient (Wildman–Crippen LogP) is 2.73. The van der Waals surface area contributed by atoms with Crippen molar-refractivity contribution in [1.82, 2.24) is 5.32 Å². The number of ether oxygens (including phenoxy) is 1. The number of carbonyl (C=O) groups excluding carboxylic acids is 1. The molecule has 0 unspecified atom stereocenters. The van der Waals surface area contributed by atoms with Crippen LogP contribution in [0.2, 0.25) is 0 Å². The van der Waals surface area contributed by atoms with Crippen molar-refractivity contribution < 1.29 is 14.6 Å². The van der Waals surface area contributed by atoms with Crippen molar-refractivity contribution in [1.29, 1.82) is 0 Å². The van der Waals surface area contributed by atoms with Crippen molar-refractivity contribution in [2.45, 2.75) is 44.8 Å². The number of aliphatic hydroxyl groups excluding tert-OH is 1. The summed E-state index contributed by atoms with van der Waals surface area (Å²) in [4.78, 5) is 11.8. The lowest BCUT2D eigenvalue weighted by Gasteiger charge is -2.22. The lowest BCUT2D eigenvalue weighted by molar-refractivity contribution is 0.0501. The van der Waals surface area contributed by atoms with Crippen LogP contribution >= 0.6 is 0 Å². The molecule has 19 heavy (non-hydrogen) atoms. The van der Waals surface area contributed by atoms with Crippen LogP contribution in [0.25, 0.3) is 0 Å². The summed E-state index contributed by atoms with van der Waals surface area (Å²) in [6, 6.07) is 7.82. The quantitative estimate of drug-likeness (QED) is 0.862. The Hall–Kier alpha value is -1.55. The van der Waals surface area contributed by atoms with E-state index >= 15 is 0 Å². The molecule has 0 spiro atoms.